The number of carbonyl (C=O) groups excluding carboxylic acids is 2. The fraction of sp³-hybridized carbons (Fsp3) is 0.435. The zero-order valence-electron chi connectivity index (χ0n) is 18.1. The summed E-state index contributed by atoms with van der Waals surface area (Å²) in [6.07, 6.45) is 6.17. The van der Waals surface area contributed by atoms with E-state index in [1.165, 1.54) is 11.8 Å². The second-order valence-corrected chi connectivity index (χ2v) is 8.33. The number of benzene rings is 1. The predicted molar refractivity (Wildman–Crippen MR) is 123 cm³/mol. The van der Waals surface area contributed by atoms with Crippen LogP contribution in [-0.4, -0.2) is 61.4 Å². The molecule has 0 saturated carbocycles. The Balaban J connectivity index is 1.35. The Bertz CT molecular complexity index is 867. The molecule has 31 heavy (non-hydrogen) atoms. The SMILES string of the molecule is COc1ccc(CCNC(=O)NCC2CCN(C(=O)c3cccnc3SC)CC2)cc1. The average Bonchev–Trinajstić information content (AvgIpc) is 2.83. The van der Waals surface area contributed by atoms with E-state index in [4.69, 9.17) is 4.74 Å². The Hall–Kier alpha value is -2.74. The first-order valence-corrected chi connectivity index (χ1v) is 11.8. The maximum absolute atomic E-state index is 12.8. The van der Waals surface area contributed by atoms with E-state index in [0.717, 1.165) is 35.6 Å². The first-order valence-electron chi connectivity index (χ1n) is 10.5. The highest BCUT2D eigenvalue weighted by molar-refractivity contribution is 7.98. The number of thioether (sulfide) groups is 1. The van der Waals surface area contributed by atoms with E-state index in [1.54, 1.807) is 19.4 Å². The molecule has 8 heteroatoms. The van der Waals surface area contributed by atoms with Crippen LogP contribution in [0.2, 0.25) is 0 Å². The quantitative estimate of drug-likeness (QED) is 0.614. The minimum atomic E-state index is -0.146. The minimum absolute atomic E-state index is 0.0418. The number of carbonyl (C=O) groups is 2. The van der Waals surface area contributed by atoms with Crippen LogP contribution in [0, 0.1) is 5.92 Å². The monoisotopic (exact) mass is 442 g/mol. The molecule has 1 aliphatic heterocycles. The summed E-state index contributed by atoms with van der Waals surface area (Å²) in [5.74, 6) is 1.25. The van der Waals surface area contributed by atoms with Crippen LogP contribution in [0.5, 0.6) is 5.75 Å². The number of nitrogens with one attached hydrogen (secondary N) is 2. The van der Waals surface area contributed by atoms with Crippen molar-refractivity contribution in [2.45, 2.75) is 24.3 Å². The Labute approximate surface area is 188 Å². The third-order valence-electron chi connectivity index (χ3n) is 5.51. The number of urea groups is 1. The zero-order chi connectivity index (χ0) is 22.1. The van der Waals surface area contributed by atoms with Crippen molar-refractivity contribution in [3.63, 3.8) is 0 Å². The van der Waals surface area contributed by atoms with Gasteiger partial charge in [-0.1, -0.05) is 12.1 Å². The van der Waals surface area contributed by atoms with E-state index in [1.807, 2.05) is 41.5 Å². The zero-order valence-corrected chi connectivity index (χ0v) is 18.9. The molecule has 166 valence electrons. The lowest BCUT2D eigenvalue weighted by molar-refractivity contribution is 0.0686. The molecule has 1 saturated heterocycles. The lowest BCUT2D eigenvalue weighted by Gasteiger charge is -2.32. The number of pyridine rings is 1. The van der Waals surface area contributed by atoms with Gasteiger partial charge in [0.2, 0.25) is 0 Å². The van der Waals surface area contributed by atoms with Crippen molar-refractivity contribution in [3.8, 4) is 5.75 Å². The normalized spacial score (nSPS) is 14.2. The van der Waals surface area contributed by atoms with E-state index in [0.29, 0.717) is 37.7 Å². The third-order valence-corrected chi connectivity index (χ3v) is 6.22. The molecule has 3 rings (SSSR count). The summed E-state index contributed by atoms with van der Waals surface area (Å²) < 4.78 is 5.15. The van der Waals surface area contributed by atoms with Crippen LogP contribution in [0.3, 0.4) is 0 Å². The number of methoxy groups -OCH3 is 1. The molecule has 1 aromatic carbocycles. The summed E-state index contributed by atoms with van der Waals surface area (Å²) in [4.78, 5) is 31.1. The fourth-order valence-electron chi connectivity index (χ4n) is 3.64. The van der Waals surface area contributed by atoms with Crippen molar-refractivity contribution < 1.29 is 14.3 Å². The number of hydrogen-bond acceptors (Lipinski definition) is 5. The van der Waals surface area contributed by atoms with Gasteiger partial charge >= 0.3 is 6.03 Å². The minimum Gasteiger partial charge on any atom is -0.497 e. The van der Waals surface area contributed by atoms with Gasteiger partial charge in [0.25, 0.3) is 5.91 Å². The van der Waals surface area contributed by atoms with Gasteiger partial charge in [0.15, 0.2) is 0 Å². The summed E-state index contributed by atoms with van der Waals surface area (Å²) in [7, 11) is 1.64. The molecule has 0 spiro atoms. The van der Waals surface area contributed by atoms with Crippen LogP contribution in [0.25, 0.3) is 0 Å². The summed E-state index contributed by atoms with van der Waals surface area (Å²) in [6.45, 7) is 2.60. The molecular weight excluding hydrogens is 412 g/mol. The number of amides is 3. The first kappa shape index (κ1) is 22.9. The molecular formula is C23H30N4O3S. The van der Waals surface area contributed by atoms with Crippen molar-refractivity contribution in [2.75, 3.05) is 39.5 Å². The van der Waals surface area contributed by atoms with E-state index >= 15 is 0 Å². The van der Waals surface area contributed by atoms with Crippen molar-refractivity contribution in [2.24, 2.45) is 5.92 Å². The molecule has 2 N–H and O–H groups in total. The smallest absolute Gasteiger partial charge is 0.314 e. The van der Waals surface area contributed by atoms with Crippen LogP contribution < -0.4 is 15.4 Å². The molecule has 0 radical (unpaired) electrons. The van der Waals surface area contributed by atoms with Gasteiger partial charge < -0.3 is 20.3 Å². The maximum Gasteiger partial charge on any atom is 0.314 e. The molecule has 0 atom stereocenters. The van der Waals surface area contributed by atoms with Crippen LogP contribution >= 0.6 is 11.8 Å². The van der Waals surface area contributed by atoms with Crippen LogP contribution in [0.4, 0.5) is 4.79 Å². The van der Waals surface area contributed by atoms with Gasteiger partial charge in [-0.15, -0.1) is 11.8 Å². The number of likely N-dealkylation sites (tertiary alicyclic amines) is 1. The van der Waals surface area contributed by atoms with E-state index in [9.17, 15) is 9.59 Å². The molecule has 0 unspecified atom stereocenters. The molecule has 7 nitrogen and oxygen atoms in total. The molecule has 1 aromatic heterocycles. The van der Waals surface area contributed by atoms with E-state index in [2.05, 4.69) is 15.6 Å². The lowest BCUT2D eigenvalue weighted by atomic mass is 9.96. The topological polar surface area (TPSA) is 83.6 Å². The van der Waals surface area contributed by atoms with Gasteiger partial charge in [0, 0.05) is 32.4 Å². The van der Waals surface area contributed by atoms with Gasteiger partial charge in [0.05, 0.1) is 12.7 Å². The maximum atomic E-state index is 12.8. The summed E-state index contributed by atoms with van der Waals surface area (Å²) in [5, 5.41) is 6.64. The van der Waals surface area contributed by atoms with Crippen LogP contribution in [0.1, 0.15) is 28.8 Å². The molecule has 0 aliphatic carbocycles. The molecule has 0 bridgehead atoms. The van der Waals surface area contributed by atoms with Gasteiger partial charge in [-0.25, -0.2) is 9.78 Å². The summed E-state index contributed by atoms with van der Waals surface area (Å²) in [5.41, 5.74) is 1.82. The Kier molecular flexibility index (Phi) is 8.58. The number of ether oxygens (including phenoxy) is 1. The van der Waals surface area contributed by atoms with Gasteiger partial charge in [-0.3, -0.25) is 4.79 Å². The summed E-state index contributed by atoms with van der Waals surface area (Å²) >= 11 is 1.49. The highest BCUT2D eigenvalue weighted by Crippen LogP contribution is 2.22. The van der Waals surface area contributed by atoms with Crippen LogP contribution in [0.15, 0.2) is 47.6 Å². The van der Waals surface area contributed by atoms with Crippen LogP contribution in [-0.2, 0) is 6.42 Å². The Morgan fingerprint density at radius 1 is 1.16 bits per heavy atom. The number of nitrogens with zero attached hydrogens (tertiary/aromatic N) is 2. The van der Waals surface area contributed by atoms with Crippen molar-refractivity contribution in [3.05, 3.63) is 53.7 Å². The highest BCUT2D eigenvalue weighted by Gasteiger charge is 2.25. The molecule has 1 aliphatic rings. The molecule has 3 amide bonds. The van der Waals surface area contributed by atoms with Crippen molar-refractivity contribution in [1.29, 1.82) is 0 Å². The first-order chi connectivity index (χ1) is 15.1. The van der Waals surface area contributed by atoms with E-state index in [-0.39, 0.29) is 11.9 Å². The lowest BCUT2D eigenvalue weighted by Crippen LogP contribution is -2.44. The number of rotatable bonds is 8. The summed E-state index contributed by atoms with van der Waals surface area (Å²) in [6, 6.07) is 11.3. The van der Waals surface area contributed by atoms with Gasteiger partial charge in [0.1, 0.15) is 10.8 Å². The third kappa shape index (κ3) is 6.62. The second-order valence-electron chi connectivity index (χ2n) is 7.53. The number of hydrogen-bond donors (Lipinski definition) is 2. The van der Waals surface area contributed by atoms with Crippen molar-refractivity contribution >= 4 is 23.7 Å². The Morgan fingerprint density at radius 3 is 2.58 bits per heavy atom. The number of piperidine rings is 1. The van der Waals surface area contributed by atoms with E-state index < -0.39 is 0 Å². The molecule has 1 fully saturated rings. The molecule has 2 heterocycles. The van der Waals surface area contributed by atoms with Gasteiger partial charge in [-0.2, -0.15) is 0 Å². The molecule has 2 aromatic rings. The highest BCUT2D eigenvalue weighted by atomic mass is 32.2. The predicted octanol–water partition coefficient (Wildman–Crippen LogP) is 3.21. The Morgan fingerprint density at radius 2 is 1.90 bits per heavy atom. The fourth-order valence-corrected chi connectivity index (χ4v) is 4.18. The standard InChI is InChI=1S/C23H30N4O3S/c1-30-19-7-5-17(6-8-19)9-13-25-23(29)26-16-18-10-14-27(15-11-18)22(28)20-4-3-12-24-21(20)31-2/h3-8,12,18H,9-11,13-16H2,1-2H3,(H2,25,26,29). The van der Waals surface area contributed by atoms with Gasteiger partial charge in [-0.05, 0) is 61.3 Å². The largest absolute Gasteiger partial charge is 0.497 e. The van der Waals surface area contributed by atoms with Crippen molar-refractivity contribution in [1.82, 2.24) is 20.5 Å². The second kappa shape index (κ2) is 11.6. The average molecular weight is 443 g/mol. The number of aromatic nitrogens is 1.